The van der Waals surface area contributed by atoms with E-state index in [1.165, 1.54) is 30.4 Å². The molecule has 1 aromatic rings. The minimum absolute atomic E-state index is 0.260. The van der Waals surface area contributed by atoms with Crippen molar-refractivity contribution in [2.45, 2.75) is 58.4 Å². The Bertz CT molecular complexity index is 399. The van der Waals surface area contributed by atoms with Crippen LogP contribution < -0.4 is 5.32 Å². The first kappa shape index (κ1) is 14.6. The normalized spacial score (nSPS) is 27.7. The molecule has 1 aliphatic rings. The highest BCUT2D eigenvalue weighted by molar-refractivity contribution is 5.28. The third-order valence-corrected chi connectivity index (χ3v) is 4.92. The molecule has 1 saturated carbocycles. The molecule has 0 radical (unpaired) electrons. The van der Waals surface area contributed by atoms with Crippen LogP contribution in [0, 0.1) is 11.8 Å². The van der Waals surface area contributed by atoms with Gasteiger partial charge in [0.25, 0.3) is 0 Å². The van der Waals surface area contributed by atoms with E-state index in [9.17, 15) is 0 Å². The van der Waals surface area contributed by atoms with Gasteiger partial charge >= 0.3 is 0 Å². The lowest BCUT2D eigenvalue weighted by Crippen LogP contribution is -2.29. The molecule has 1 aromatic carbocycles. The average molecular weight is 259 g/mol. The minimum Gasteiger partial charge on any atom is -0.317 e. The average Bonchev–Trinajstić information content (AvgIpc) is 2.70. The van der Waals surface area contributed by atoms with Crippen LogP contribution in [0.1, 0.15) is 51.7 Å². The van der Waals surface area contributed by atoms with Gasteiger partial charge in [0, 0.05) is 6.04 Å². The second-order valence-corrected chi connectivity index (χ2v) is 7.24. The first-order valence-corrected chi connectivity index (χ1v) is 7.68. The molecule has 0 amide bonds. The standard InChI is InChI=1S/C18H29N/c1-13-15(8-11-17(13)19-5)12-14-6-9-16(10-7-14)18(2,3)4/h6-7,9-10,13,15,17,19H,8,11-12H2,1-5H3. The van der Waals surface area contributed by atoms with Gasteiger partial charge in [-0.15, -0.1) is 0 Å². The summed E-state index contributed by atoms with van der Waals surface area (Å²) in [5.74, 6) is 1.64. The smallest absolute Gasteiger partial charge is 0.00925 e. The molecule has 0 spiro atoms. The van der Waals surface area contributed by atoms with Crippen LogP contribution >= 0.6 is 0 Å². The number of rotatable bonds is 3. The van der Waals surface area contributed by atoms with Crippen LogP contribution in [0.15, 0.2) is 24.3 Å². The highest BCUT2D eigenvalue weighted by Crippen LogP contribution is 2.34. The number of benzene rings is 1. The summed E-state index contributed by atoms with van der Waals surface area (Å²) >= 11 is 0. The maximum absolute atomic E-state index is 3.46. The fraction of sp³-hybridized carbons (Fsp3) is 0.667. The third kappa shape index (κ3) is 3.39. The lowest BCUT2D eigenvalue weighted by molar-refractivity contribution is 0.364. The summed E-state index contributed by atoms with van der Waals surface area (Å²) in [6, 6.07) is 10.0. The zero-order valence-corrected chi connectivity index (χ0v) is 13.2. The van der Waals surface area contributed by atoms with Gasteiger partial charge in [-0.2, -0.15) is 0 Å². The largest absolute Gasteiger partial charge is 0.317 e. The van der Waals surface area contributed by atoms with E-state index in [1.807, 2.05) is 0 Å². The fourth-order valence-electron chi connectivity index (χ4n) is 3.39. The van der Waals surface area contributed by atoms with Crippen LogP contribution in [0.4, 0.5) is 0 Å². The van der Waals surface area contributed by atoms with Crippen LogP contribution in [0.5, 0.6) is 0 Å². The highest BCUT2D eigenvalue weighted by Gasteiger charge is 2.31. The summed E-state index contributed by atoms with van der Waals surface area (Å²) in [4.78, 5) is 0. The molecule has 0 saturated heterocycles. The monoisotopic (exact) mass is 259 g/mol. The minimum atomic E-state index is 0.260. The van der Waals surface area contributed by atoms with E-state index in [4.69, 9.17) is 0 Å². The number of nitrogens with one attached hydrogen (secondary N) is 1. The molecule has 1 nitrogen and oxygen atoms in total. The summed E-state index contributed by atoms with van der Waals surface area (Å²) in [6.45, 7) is 9.23. The first-order chi connectivity index (χ1) is 8.91. The van der Waals surface area contributed by atoms with Gasteiger partial charge in [0.15, 0.2) is 0 Å². The summed E-state index contributed by atoms with van der Waals surface area (Å²) in [5, 5.41) is 3.46. The van der Waals surface area contributed by atoms with Crippen molar-refractivity contribution in [2.75, 3.05) is 7.05 Å². The summed E-state index contributed by atoms with van der Waals surface area (Å²) in [7, 11) is 2.10. The molecule has 0 bridgehead atoms. The molecule has 3 atom stereocenters. The molecule has 0 heterocycles. The van der Waals surface area contributed by atoms with Crippen LogP contribution in [0.25, 0.3) is 0 Å². The zero-order chi connectivity index (χ0) is 14.0. The van der Waals surface area contributed by atoms with Gasteiger partial charge in [0.2, 0.25) is 0 Å². The summed E-state index contributed by atoms with van der Waals surface area (Å²) in [6.07, 6.45) is 3.94. The molecule has 0 aromatic heterocycles. The second kappa shape index (κ2) is 5.66. The van der Waals surface area contributed by atoms with Crippen LogP contribution in [0.3, 0.4) is 0 Å². The molecule has 3 unspecified atom stereocenters. The van der Waals surface area contributed by atoms with E-state index in [-0.39, 0.29) is 5.41 Å². The molecular weight excluding hydrogens is 230 g/mol. The lowest BCUT2D eigenvalue weighted by Gasteiger charge is -2.22. The van der Waals surface area contributed by atoms with Gasteiger partial charge < -0.3 is 5.32 Å². The van der Waals surface area contributed by atoms with Gasteiger partial charge in [0.1, 0.15) is 0 Å². The predicted molar refractivity (Wildman–Crippen MR) is 83.6 cm³/mol. The molecule has 0 aliphatic heterocycles. The van der Waals surface area contributed by atoms with Crippen LogP contribution in [0.2, 0.25) is 0 Å². The van der Waals surface area contributed by atoms with E-state index in [1.54, 1.807) is 0 Å². The van der Waals surface area contributed by atoms with Gasteiger partial charge in [-0.1, -0.05) is 52.0 Å². The molecule has 1 aliphatic carbocycles. The van der Waals surface area contributed by atoms with Crippen molar-refractivity contribution in [3.63, 3.8) is 0 Å². The Balaban J connectivity index is 2.01. The van der Waals surface area contributed by atoms with Crippen molar-refractivity contribution in [1.29, 1.82) is 0 Å². The maximum Gasteiger partial charge on any atom is 0.00925 e. The molecule has 19 heavy (non-hydrogen) atoms. The molecular formula is C18H29N. The third-order valence-electron chi connectivity index (χ3n) is 4.92. The quantitative estimate of drug-likeness (QED) is 0.859. The van der Waals surface area contributed by atoms with Crippen LogP contribution in [-0.2, 0) is 11.8 Å². The fourth-order valence-corrected chi connectivity index (χ4v) is 3.39. The Morgan fingerprint density at radius 1 is 1.11 bits per heavy atom. The number of hydrogen-bond acceptors (Lipinski definition) is 1. The Morgan fingerprint density at radius 3 is 2.21 bits per heavy atom. The van der Waals surface area contributed by atoms with Gasteiger partial charge in [-0.05, 0) is 54.7 Å². The molecule has 1 heteroatoms. The van der Waals surface area contributed by atoms with E-state index in [0.717, 1.165) is 17.9 Å². The molecule has 106 valence electrons. The van der Waals surface area contributed by atoms with Crippen molar-refractivity contribution in [3.05, 3.63) is 35.4 Å². The lowest BCUT2D eigenvalue weighted by atomic mass is 9.85. The Morgan fingerprint density at radius 2 is 1.74 bits per heavy atom. The Kier molecular flexibility index (Phi) is 4.35. The Labute approximate surface area is 118 Å². The molecule has 2 rings (SSSR count). The topological polar surface area (TPSA) is 12.0 Å². The van der Waals surface area contributed by atoms with Crippen molar-refractivity contribution < 1.29 is 0 Å². The van der Waals surface area contributed by atoms with Crippen molar-refractivity contribution in [1.82, 2.24) is 5.32 Å². The number of hydrogen-bond donors (Lipinski definition) is 1. The van der Waals surface area contributed by atoms with Crippen molar-refractivity contribution >= 4 is 0 Å². The SMILES string of the molecule is CNC1CCC(Cc2ccc(C(C)(C)C)cc2)C1C. The maximum atomic E-state index is 3.46. The summed E-state index contributed by atoms with van der Waals surface area (Å²) in [5.41, 5.74) is 3.20. The first-order valence-electron chi connectivity index (χ1n) is 7.68. The molecule has 1 fully saturated rings. The van der Waals surface area contributed by atoms with Crippen molar-refractivity contribution in [2.24, 2.45) is 11.8 Å². The zero-order valence-electron chi connectivity index (χ0n) is 13.2. The van der Waals surface area contributed by atoms with Gasteiger partial charge in [0.05, 0.1) is 0 Å². The highest BCUT2D eigenvalue weighted by atomic mass is 14.9. The summed E-state index contributed by atoms with van der Waals surface area (Å²) < 4.78 is 0. The van der Waals surface area contributed by atoms with Crippen molar-refractivity contribution in [3.8, 4) is 0 Å². The van der Waals surface area contributed by atoms with E-state index in [2.05, 4.69) is 64.3 Å². The van der Waals surface area contributed by atoms with Gasteiger partial charge in [-0.3, -0.25) is 0 Å². The van der Waals surface area contributed by atoms with Crippen LogP contribution in [-0.4, -0.2) is 13.1 Å². The van der Waals surface area contributed by atoms with E-state index < -0.39 is 0 Å². The molecule has 1 N–H and O–H groups in total. The Hall–Kier alpha value is -0.820. The van der Waals surface area contributed by atoms with E-state index >= 15 is 0 Å². The van der Waals surface area contributed by atoms with E-state index in [0.29, 0.717) is 0 Å². The second-order valence-electron chi connectivity index (χ2n) is 7.24. The predicted octanol–water partition coefficient (Wildman–Crippen LogP) is 4.16. The van der Waals surface area contributed by atoms with Gasteiger partial charge in [-0.25, -0.2) is 0 Å².